The lowest BCUT2D eigenvalue weighted by atomic mass is 10.00. The number of carbonyl (C=O) groups excluding carboxylic acids is 1. The Bertz CT molecular complexity index is 1240. The molecule has 1 heterocycles. The molecule has 148 valence electrons. The number of aromatic hydroxyl groups is 1. The Morgan fingerprint density at radius 3 is 2.03 bits per heavy atom. The highest BCUT2D eigenvalue weighted by Crippen LogP contribution is 2.33. The van der Waals surface area contributed by atoms with E-state index < -0.39 is 5.97 Å². The lowest BCUT2D eigenvalue weighted by Gasteiger charge is -2.14. The van der Waals surface area contributed by atoms with Crippen molar-refractivity contribution in [3.8, 4) is 22.7 Å². The average molecular weight is 397 g/mol. The van der Waals surface area contributed by atoms with E-state index >= 15 is 0 Å². The maximum atomic E-state index is 13.3. The van der Waals surface area contributed by atoms with E-state index in [0.29, 0.717) is 22.5 Å². The highest BCUT2D eigenvalue weighted by atomic mass is 16.4. The molecule has 0 aliphatic heterocycles. The van der Waals surface area contributed by atoms with Crippen LogP contribution in [0.2, 0.25) is 0 Å². The van der Waals surface area contributed by atoms with E-state index in [-0.39, 0.29) is 17.1 Å². The molecule has 0 radical (unpaired) electrons. The van der Waals surface area contributed by atoms with Crippen LogP contribution in [-0.4, -0.2) is 26.5 Å². The average Bonchev–Trinajstić information content (AvgIpc) is 3.11. The van der Waals surface area contributed by atoms with Gasteiger partial charge in [0.1, 0.15) is 11.3 Å². The summed E-state index contributed by atoms with van der Waals surface area (Å²) in [6.45, 7) is 1.87. The standard InChI is InChI=1S/C25H19NO4/c1-16-14-21(24(28)18-10-6-3-7-11-18)23(17-8-4-2-5-9-17)26(16)19-12-13-20(25(29)30)22(27)15-19/h2-15,27H,1H3,(H,29,30). The molecule has 0 saturated heterocycles. The molecule has 0 bridgehead atoms. The largest absolute Gasteiger partial charge is 0.507 e. The minimum Gasteiger partial charge on any atom is -0.507 e. The number of rotatable bonds is 5. The first-order valence-corrected chi connectivity index (χ1v) is 9.41. The van der Waals surface area contributed by atoms with Gasteiger partial charge in [-0.3, -0.25) is 4.79 Å². The lowest BCUT2D eigenvalue weighted by Crippen LogP contribution is -2.05. The van der Waals surface area contributed by atoms with Crippen molar-refractivity contribution in [1.29, 1.82) is 0 Å². The molecule has 4 aromatic rings. The molecular weight excluding hydrogens is 378 g/mol. The monoisotopic (exact) mass is 397 g/mol. The Balaban J connectivity index is 1.96. The summed E-state index contributed by atoms with van der Waals surface area (Å²) >= 11 is 0. The summed E-state index contributed by atoms with van der Waals surface area (Å²) < 4.78 is 1.86. The van der Waals surface area contributed by atoms with E-state index in [1.807, 2.05) is 66.1 Å². The van der Waals surface area contributed by atoms with Crippen molar-refractivity contribution in [2.45, 2.75) is 6.92 Å². The second-order valence-corrected chi connectivity index (χ2v) is 6.95. The zero-order valence-electron chi connectivity index (χ0n) is 16.2. The zero-order chi connectivity index (χ0) is 21.3. The number of aromatic nitrogens is 1. The van der Waals surface area contributed by atoms with E-state index in [0.717, 1.165) is 11.3 Å². The van der Waals surface area contributed by atoms with Gasteiger partial charge < -0.3 is 14.8 Å². The minimum absolute atomic E-state index is 0.109. The fraction of sp³-hybridized carbons (Fsp3) is 0.0400. The smallest absolute Gasteiger partial charge is 0.339 e. The Morgan fingerprint density at radius 1 is 0.800 bits per heavy atom. The molecule has 5 heteroatoms. The van der Waals surface area contributed by atoms with Crippen LogP contribution in [0.15, 0.2) is 84.9 Å². The van der Waals surface area contributed by atoms with Crippen molar-refractivity contribution < 1.29 is 19.8 Å². The quantitative estimate of drug-likeness (QED) is 0.460. The predicted octanol–water partition coefficient (Wildman–Crippen LogP) is 5.09. The maximum Gasteiger partial charge on any atom is 0.339 e. The third kappa shape index (κ3) is 3.37. The molecule has 3 aromatic carbocycles. The summed E-state index contributed by atoms with van der Waals surface area (Å²) in [6.07, 6.45) is 0. The van der Waals surface area contributed by atoms with Crippen molar-refractivity contribution in [3.63, 3.8) is 0 Å². The second-order valence-electron chi connectivity index (χ2n) is 6.95. The number of carboxylic acids is 1. The number of phenols is 1. The molecule has 30 heavy (non-hydrogen) atoms. The summed E-state index contributed by atoms with van der Waals surface area (Å²) in [4.78, 5) is 24.6. The number of aryl methyl sites for hydroxylation is 1. The molecule has 0 fully saturated rings. The first-order valence-electron chi connectivity index (χ1n) is 9.41. The minimum atomic E-state index is -1.20. The van der Waals surface area contributed by atoms with Crippen LogP contribution in [0.5, 0.6) is 5.75 Å². The van der Waals surface area contributed by atoms with Crippen molar-refractivity contribution >= 4 is 11.8 Å². The van der Waals surface area contributed by atoms with Crippen LogP contribution in [0, 0.1) is 6.92 Å². The molecule has 0 saturated carbocycles. The summed E-state index contributed by atoms with van der Waals surface area (Å²) in [5.41, 5.74) is 3.82. The van der Waals surface area contributed by atoms with Crippen molar-refractivity contribution in [2.24, 2.45) is 0 Å². The summed E-state index contributed by atoms with van der Waals surface area (Å²) in [5, 5.41) is 19.4. The third-order valence-electron chi connectivity index (χ3n) is 4.98. The number of ketones is 1. The van der Waals surface area contributed by atoms with Crippen LogP contribution >= 0.6 is 0 Å². The van der Waals surface area contributed by atoms with Gasteiger partial charge in [0.15, 0.2) is 5.78 Å². The number of hydrogen-bond donors (Lipinski definition) is 2. The van der Waals surface area contributed by atoms with E-state index in [4.69, 9.17) is 0 Å². The van der Waals surface area contributed by atoms with Gasteiger partial charge in [-0.05, 0) is 30.7 Å². The number of carboxylic acid groups (broad SMARTS) is 1. The lowest BCUT2D eigenvalue weighted by molar-refractivity contribution is 0.0693. The fourth-order valence-corrected chi connectivity index (χ4v) is 3.61. The van der Waals surface area contributed by atoms with Gasteiger partial charge in [-0.15, -0.1) is 0 Å². The van der Waals surface area contributed by atoms with Gasteiger partial charge in [-0.2, -0.15) is 0 Å². The van der Waals surface area contributed by atoms with Gasteiger partial charge in [0.25, 0.3) is 0 Å². The van der Waals surface area contributed by atoms with Gasteiger partial charge in [0, 0.05) is 28.6 Å². The summed E-state index contributed by atoms with van der Waals surface area (Å²) in [7, 11) is 0. The normalized spacial score (nSPS) is 10.7. The number of benzene rings is 3. The molecular formula is C25H19NO4. The summed E-state index contributed by atoms with van der Waals surface area (Å²) in [5.74, 6) is -1.64. The van der Waals surface area contributed by atoms with Crippen molar-refractivity contribution in [1.82, 2.24) is 4.57 Å². The highest BCUT2D eigenvalue weighted by molar-refractivity contribution is 6.13. The summed E-state index contributed by atoms with van der Waals surface area (Å²) in [6, 6.07) is 24.8. The van der Waals surface area contributed by atoms with Crippen LogP contribution in [0.3, 0.4) is 0 Å². The van der Waals surface area contributed by atoms with Crippen LogP contribution in [0.25, 0.3) is 16.9 Å². The first-order chi connectivity index (χ1) is 14.5. The van der Waals surface area contributed by atoms with E-state index in [9.17, 15) is 19.8 Å². The molecule has 0 aliphatic carbocycles. The Kier molecular flexibility index (Phi) is 4.94. The van der Waals surface area contributed by atoms with Gasteiger partial charge in [0.05, 0.1) is 5.69 Å². The van der Waals surface area contributed by atoms with Crippen LogP contribution in [-0.2, 0) is 0 Å². The van der Waals surface area contributed by atoms with E-state index in [2.05, 4.69) is 0 Å². The molecule has 0 unspecified atom stereocenters. The molecule has 0 spiro atoms. The third-order valence-corrected chi connectivity index (χ3v) is 4.98. The highest BCUT2D eigenvalue weighted by Gasteiger charge is 2.23. The fourth-order valence-electron chi connectivity index (χ4n) is 3.61. The SMILES string of the molecule is Cc1cc(C(=O)c2ccccc2)c(-c2ccccc2)n1-c1ccc(C(=O)O)c(O)c1. The molecule has 5 nitrogen and oxygen atoms in total. The molecule has 1 aromatic heterocycles. The Morgan fingerprint density at radius 2 is 1.43 bits per heavy atom. The van der Waals surface area contributed by atoms with Crippen LogP contribution in [0.1, 0.15) is 32.0 Å². The molecule has 2 N–H and O–H groups in total. The van der Waals surface area contributed by atoms with Crippen molar-refractivity contribution in [3.05, 3.63) is 107 Å². The molecule has 0 aliphatic rings. The predicted molar refractivity (Wildman–Crippen MR) is 114 cm³/mol. The van der Waals surface area contributed by atoms with Gasteiger partial charge in [-0.1, -0.05) is 60.7 Å². The maximum absolute atomic E-state index is 13.3. The van der Waals surface area contributed by atoms with E-state index in [1.165, 1.54) is 12.1 Å². The molecule has 4 rings (SSSR count). The first kappa shape index (κ1) is 19.2. The number of nitrogens with zero attached hydrogens (tertiary/aromatic N) is 1. The number of hydrogen-bond acceptors (Lipinski definition) is 3. The number of aromatic carboxylic acids is 1. The number of carbonyl (C=O) groups is 2. The van der Waals surface area contributed by atoms with E-state index in [1.54, 1.807) is 18.2 Å². The van der Waals surface area contributed by atoms with Crippen molar-refractivity contribution in [2.75, 3.05) is 0 Å². The Hall–Kier alpha value is -4.12. The van der Waals surface area contributed by atoms with Crippen LogP contribution in [0.4, 0.5) is 0 Å². The van der Waals surface area contributed by atoms with Gasteiger partial charge in [0.2, 0.25) is 0 Å². The topological polar surface area (TPSA) is 79.5 Å². The molecule has 0 amide bonds. The zero-order valence-corrected chi connectivity index (χ0v) is 16.2. The van der Waals surface area contributed by atoms with Gasteiger partial charge in [-0.25, -0.2) is 4.79 Å². The molecule has 0 atom stereocenters. The van der Waals surface area contributed by atoms with Gasteiger partial charge >= 0.3 is 5.97 Å². The Labute approximate surface area is 173 Å². The van der Waals surface area contributed by atoms with Crippen LogP contribution < -0.4 is 0 Å². The second kappa shape index (κ2) is 7.72.